The van der Waals surface area contributed by atoms with Crippen LogP contribution < -0.4 is 5.73 Å². The van der Waals surface area contributed by atoms with Crippen molar-refractivity contribution in [1.82, 2.24) is 4.90 Å². The first-order chi connectivity index (χ1) is 8.99. The monoisotopic (exact) mass is 260 g/mol. The van der Waals surface area contributed by atoms with Gasteiger partial charge in [0.05, 0.1) is 0 Å². The van der Waals surface area contributed by atoms with Crippen LogP contribution in [0.25, 0.3) is 0 Å². The van der Waals surface area contributed by atoms with E-state index in [1.165, 1.54) is 0 Å². The van der Waals surface area contributed by atoms with Gasteiger partial charge in [0.2, 0.25) is 5.91 Å². The van der Waals surface area contributed by atoms with Gasteiger partial charge < -0.3 is 10.6 Å². The molecule has 0 bridgehead atoms. The van der Waals surface area contributed by atoms with E-state index >= 15 is 0 Å². The quantitative estimate of drug-likeness (QED) is 0.655. The summed E-state index contributed by atoms with van der Waals surface area (Å²) < 4.78 is 0. The summed E-state index contributed by atoms with van der Waals surface area (Å²) in [5.41, 5.74) is 8.50. The van der Waals surface area contributed by atoms with E-state index in [1.807, 2.05) is 17.0 Å². The fourth-order valence-corrected chi connectivity index (χ4v) is 2.67. The van der Waals surface area contributed by atoms with Gasteiger partial charge in [0.25, 0.3) is 0 Å². The topological polar surface area (TPSA) is 63.4 Å². The molecule has 2 N–H and O–H groups in total. The summed E-state index contributed by atoms with van der Waals surface area (Å²) >= 11 is 0. The highest BCUT2D eigenvalue weighted by Crippen LogP contribution is 2.32. The van der Waals surface area contributed by atoms with Gasteiger partial charge in [-0.15, -0.1) is 0 Å². The van der Waals surface area contributed by atoms with Crippen molar-refractivity contribution < 1.29 is 9.59 Å². The molecular weight excluding hydrogens is 240 g/mol. The van der Waals surface area contributed by atoms with Crippen LogP contribution in [0.5, 0.6) is 0 Å². The minimum Gasteiger partial charge on any atom is -0.398 e. The molecule has 1 aliphatic rings. The van der Waals surface area contributed by atoms with E-state index in [2.05, 4.69) is 0 Å². The molecule has 0 aliphatic carbocycles. The Bertz CT molecular complexity index is 503. The summed E-state index contributed by atoms with van der Waals surface area (Å²) in [6.45, 7) is 4.72. The van der Waals surface area contributed by atoms with E-state index in [-0.39, 0.29) is 11.7 Å². The average Bonchev–Trinajstić information content (AvgIpc) is 2.38. The molecule has 0 atom stereocenters. The fraction of sp³-hybridized carbons (Fsp3) is 0.467. The molecule has 0 unspecified atom stereocenters. The Morgan fingerprint density at radius 1 is 1.21 bits per heavy atom. The van der Waals surface area contributed by atoms with E-state index in [9.17, 15) is 9.59 Å². The van der Waals surface area contributed by atoms with Gasteiger partial charge in [0, 0.05) is 31.3 Å². The van der Waals surface area contributed by atoms with Gasteiger partial charge in [-0.1, -0.05) is 12.1 Å². The number of carbonyl (C=O) groups excluding carboxylic acids is 2. The first-order valence-electron chi connectivity index (χ1n) is 6.65. The van der Waals surface area contributed by atoms with Crippen molar-refractivity contribution in [3.63, 3.8) is 0 Å². The van der Waals surface area contributed by atoms with Crippen LogP contribution in [0, 0.1) is 0 Å². The lowest BCUT2D eigenvalue weighted by Gasteiger charge is -2.32. The van der Waals surface area contributed by atoms with Crippen LogP contribution in [0.15, 0.2) is 18.2 Å². The van der Waals surface area contributed by atoms with Crippen LogP contribution in [0.4, 0.5) is 5.69 Å². The summed E-state index contributed by atoms with van der Waals surface area (Å²) in [5.74, 6) is 0.555. The second-order valence-electron chi connectivity index (χ2n) is 5.18. The fourth-order valence-electron chi connectivity index (χ4n) is 2.67. The number of Topliss-reactive ketones (excluding diaryl/α,β-unsaturated/α-hetero) is 1. The zero-order valence-corrected chi connectivity index (χ0v) is 11.5. The van der Waals surface area contributed by atoms with Gasteiger partial charge in [-0.25, -0.2) is 0 Å². The third kappa shape index (κ3) is 2.95. The maximum Gasteiger partial charge on any atom is 0.219 e. The summed E-state index contributed by atoms with van der Waals surface area (Å²) in [6, 6.07) is 5.56. The SMILES string of the molecule is CC(=O)c1ccc(C2CCN(C(C)=O)CC2)c(N)c1. The number of rotatable bonds is 2. The molecule has 0 aromatic heterocycles. The predicted molar refractivity (Wildman–Crippen MR) is 75.1 cm³/mol. The van der Waals surface area contributed by atoms with Crippen LogP contribution in [0.2, 0.25) is 0 Å². The molecule has 1 heterocycles. The normalized spacial score (nSPS) is 16.4. The Balaban J connectivity index is 2.11. The van der Waals surface area contributed by atoms with Gasteiger partial charge >= 0.3 is 0 Å². The predicted octanol–water partition coefficient (Wildman–Crippen LogP) is 2.20. The molecule has 102 valence electrons. The number of ketones is 1. The highest BCUT2D eigenvalue weighted by molar-refractivity contribution is 5.95. The second-order valence-corrected chi connectivity index (χ2v) is 5.18. The number of nitrogens with zero attached hydrogens (tertiary/aromatic N) is 1. The molecule has 0 radical (unpaired) electrons. The number of nitrogens with two attached hydrogens (primary N) is 1. The first-order valence-corrected chi connectivity index (χ1v) is 6.65. The number of amides is 1. The van der Waals surface area contributed by atoms with Gasteiger partial charge in [-0.05, 0) is 37.3 Å². The van der Waals surface area contributed by atoms with Crippen molar-refractivity contribution in [2.75, 3.05) is 18.8 Å². The molecule has 1 aliphatic heterocycles. The highest BCUT2D eigenvalue weighted by atomic mass is 16.2. The molecule has 1 amide bonds. The van der Waals surface area contributed by atoms with Crippen molar-refractivity contribution in [1.29, 1.82) is 0 Å². The lowest BCUT2D eigenvalue weighted by Crippen LogP contribution is -2.36. The standard InChI is InChI=1S/C15H20N2O2/c1-10(18)13-3-4-14(15(16)9-13)12-5-7-17(8-6-12)11(2)19/h3-4,9,12H,5-8,16H2,1-2H3. The molecule has 4 heteroatoms. The Morgan fingerprint density at radius 3 is 2.32 bits per heavy atom. The first kappa shape index (κ1) is 13.6. The van der Waals surface area contributed by atoms with Crippen molar-refractivity contribution in [2.24, 2.45) is 0 Å². The Hall–Kier alpha value is -1.84. The molecule has 19 heavy (non-hydrogen) atoms. The number of anilines is 1. The van der Waals surface area contributed by atoms with E-state index < -0.39 is 0 Å². The number of hydrogen-bond donors (Lipinski definition) is 1. The zero-order valence-electron chi connectivity index (χ0n) is 11.5. The van der Waals surface area contributed by atoms with Crippen LogP contribution in [0.1, 0.15) is 48.5 Å². The van der Waals surface area contributed by atoms with Crippen LogP contribution >= 0.6 is 0 Å². The number of likely N-dealkylation sites (tertiary alicyclic amines) is 1. The minimum atomic E-state index is 0.0321. The summed E-state index contributed by atoms with van der Waals surface area (Å²) in [6.07, 6.45) is 1.87. The van der Waals surface area contributed by atoms with E-state index in [0.717, 1.165) is 31.5 Å². The number of nitrogen functional groups attached to an aromatic ring is 1. The van der Waals surface area contributed by atoms with Gasteiger partial charge in [-0.2, -0.15) is 0 Å². The highest BCUT2D eigenvalue weighted by Gasteiger charge is 2.23. The largest absolute Gasteiger partial charge is 0.398 e. The molecule has 1 aromatic carbocycles. The Labute approximate surface area is 113 Å². The maximum atomic E-state index is 11.3. The van der Waals surface area contributed by atoms with Gasteiger partial charge in [-0.3, -0.25) is 9.59 Å². The lowest BCUT2D eigenvalue weighted by molar-refractivity contribution is -0.129. The molecule has 4 nitrogen and oxygen atoms in total. The number of benzene rings is 1. The smallest absolute Gasteiger partial charge is 0.219 e. The van der Waals surface area contributed by atoms with Crippen molar-refractivity contribution in [3.05, 3.63) is 29.3 Å². The third-order valence-electron chi connectivity index (χ3n) is 3.87. The zero-order chi connectivity index (χ0) is 14.0. The minimum absolute atomic E-state index is 0.0321. The van der Waals surface area contributed by atoms with Crippen molar-refractivity contribution in [3.8, 4) is 0 Å². The summed E-state index contributed by atoms with van der Waals surface area (Å²) in [4.78, 5) is 24.5. The second kappa shape index (κ2) is 5.43. The van der Waals surface area contributed by atoms with E-state index in [4.69, 9.17) is 5.73 Å². The molecule has 2 rings (SSSR count). The molecular formula is C15H20N2O2. The molecule has 0 saturated carbocycles. The number of hydrogen-bond acceptors (Lipinski definition) is 3. The molecule has 1 fully saturated rings. The Morgan fingerprint density at radius 2 is 1.84 bits per heavy atom. The van der Waals surface area contributed by atoms with Crippen LogP contribution in [0.3, 0.4) is 0 Å². The van der Waals surface area contributed by atoms with Gasteiger partial charge in [0.1, 0.15) is 0 Å². The van der Waals surface area contributed by atoms with Crippen molar-refractivity contribution >= 4 is 17.4 Å². The Kier molecular flexibility index (Phi) is 3.88. The molecule has 1 saturated heterocycles. The number of carbonyl (C=O) groups is 2. The lowest BCUT2D eigenvalue weighted by atomic mass is 9.87. The molecule has 0 spiro atoms. The maximum absolute atomic E-state index is 11.3. The third-order valence-corrected chi connectivity index (χ3v) is 3.87. The summed E-state index contributed by atoms with van der Waals surface area (Å²) in [7, 11) is 0. The number of piperidine rings is 1. The van der Waals surface area contributed by atoms with E-state index in [0.29, 0.717) is 17.2 Å². The molecule has 1 aromatic rings. The van der Waals surface area contributed by atoms with Crippen molar-refractivity contribution in [2.45, 2.75) is 32.6 Å². The van der Waals surface area contributed by atoms with Gasteiger partial charge in [0.15, 0.2) is 5.78 Å². The van der Waals surface area contributed by atoms with Crippen LogP contribution in [-0.2, 0) is 4.79 Å². The summed E-state index contributed by atoms with van der Waals surface area (Å²) in [5, 5.41) is 0. The van der Waals surface area contributed by atoms with E-state index in [1.54, 1.807) is 19.9 Å². The van der Waals surface area contributed by atoms with Crippen LogP contribution in [-0.4, -0.2) is 29.7 Å². The average molecular weight is 260 g/mol.